The van der Waals surface area contributed by atoms with Crippen LogP contribution in [0.2, 0.25) is 0 Å². The minimum atomic E-state index is -0.445. The van der Waals surface area contributed by atoms with Gasteiger partial charge < -0.3 is 20.5 Å². The van der Waals surface area contributed by atoms with Crippen molar-refractivity contribution < 1.29 is 14.3 Å². The predicted octanol–water partition coefficient (Wildman–Crippen LogP) is 6.53. The third-order valence-electron chi connectivity index (χ3n) is 6.73. The number of hydrogen-bond acceptors (Lipinski definition) is 6. The van der Waals surface area contributed by atoms with Gasteiger partial charge in [0.15, 0.2) is 17.3 Å². The van der Waals surface area contributed by atoms with E-state index in [4.69, 9.17) is 15.2 Å². The van der Waals surface area contributed by atoms with Crippen LogP contribution in [0.3, 0.4) is 0 Å². The summed E-state index contributed by atoms with van der Waals surface area (Å²) in [6.45, 7) is 6.74. The number of ketones is 1. The van der Waals surface area contributed by atoms with E-state index < -0.39 is 5.92 Å². The summed E-state index contributed by atoms with van der Waals surface area (Å²) in [5.74, 6) is 1.14. The van der Waals surface area contributed by atoms with Crippen LogP contribution >= 0.6 is 15.9 Å². The average Bonchev–Trinajstić information content (AvgIpc) is 2.83. The van der Waals surface area contributed by atoms with Crippen LogP contribution in [0.1, 0.15) is 63.5 Å². The summed E-state index contributed by atoms with van der Waals surface area (Å²) in [7, 11) is 0. The zero-order valence-corrected chi connectivity index (χ0v) is 22.6. The van der Waals surface area contributed by atoms with Crippen LogP contribution in [0.4, 0.5) is 5.69 Å². The first-order chi connectivity index (χ1) is 17.4. The average molecular weight is 550 g/mol. The molecular weight excluding hydrogens is 518 g/mol. The van der Waals surface area contributed by atoms with Gasteiger partial charge in [-0.2, -0.15) is 5.26 Å². The van der Waals surface area contributed by atoms with Crippen molar-refractivity contribution in [3.8, 4) is 17.6 Å². The molecule has 1 aliphatic carbocycles. The molecule has 2 atom stereocenters. The summed E-state index contributed by atoms with van der Waals surface area (Å²) in [6.07, 6.45) is 3.40. The fourth-order valence-corrected chi connectivity index (χ4v) is 5.78. The van der Waals surface area contributed by atoms with E-state index >= 15 is 0 Å². The Hall–Kier alpha value is -3.24. The minimum absolute atomic E-state index is 0.114. The lowest BCUT2D eigenvalue weighted by molar-refractivity contribution is -0.117. The van der Waals surface area contributed by atoms with E-state index in [1.165, 1.54) is 0 Å². The van der Waals surface area contributed by atoms with Gasteiger partial charge >= 0.3 is 0 Å². The molecule has 0 amide bonds. The second-order valence-corrected chi connectivity index (χ2v) is 10.2. The first kappa shape index (κ1) is 25.8. The molecule has 0 aromatic heterocycles. The Balaban J connectivity index is 1.74. The van der Waals surface area contributed by atoms with Gasteiger partial charge in [-0.25, -0.2) is 0 Å². The summed E-state index contributed by atoms with van der Waals surface area (Å²) < 4.78 is 12.8. The number of dihydropyridines is 1. The van der Waals surface area contributed by atoms with Gasteiger partial charge in [-0.1, -0.05) is 25.5 Å². The lowest BCUT2D eigenvalue weighted by Crippen LogP contribution is -2.34. The van der Waals surface area contributed by atoms with Crippen LogP contribution in [0.5, 0.6) is 11.5 Å². The van der Waals surface area contributed by atoms with Gasteiger partial charge in [-0.05, 0) is 83.9 Å². The fraction of sp³-hybridized carbons (Fsp3) is 0.379. The van der Waals surface area contributed by atoms with Crippen LogP contribution in [-0.4, -0.2) is 12.4 Å². The highest BCUT2D eigenvalue weighted by atomic mass is 79.9. The molecule has 2 aromatic rings. The zero-order valence-electron chi connectivity index (χ0n) is 21.0. The summed E-state index contributed by atoms with van der Waals surface area (Å²) >= 11 is 3.67. The highest BCUT2D eigenvalue weighted by molar-refractivity contribution is 9.10. The predicted molar refractivity (Wildman–Crippen MR) is 144 cm³/mol. The number of allylic oxidation sites excluding steroid dienone is 4. The van der Waals surface area contributed by atoms with Crippen molar-refractivity contribution in [2.24, 2.45) is 5.92 Å². The number of benzene rings is 2. The van der Waals surface area contributed by atoms with Crippen molar-refractivity contribution in [1.29, 1.82) is 5.26 Å². The minimum Gasteiger partial charge on any atom is -0.490 e. The standard InChI is InChI=1S/C29H32BrN3O3/c1-4-7-18-11-24-28(25(34)12-18)27(22(15-31)17(3)33-24)20-13-23(30)29(26(14-20)35-5-2)36-16-19-8-6-9-21(32)10-19/h6,8-10,13-14,18,27,33H,4-5,7,11-12,16,32H2,1-3H3. The lowest BCUT2D eigenvalue weighted by Gasteiger charge is -2.35. The molecule has 1 aliphatic heterocycles. The molecule has 188 valence electrons. The lowest BCUT2D eigenvalue weighted by atomic mass is 9.72. The maximum absolute atomic E-state index is 13.4. The number of nitriles is 1. The van der Waals surface area contributed by atoms with Crippen molar-refractivity contribution in [3.63, 3.8) is 0 Å². The van der Waals surface area contributed by atoms with Crippen molar-refractivity contribution in [3.05, 3.63) is 74.5 Å². The van der Waals surface area contributed by atoms with Gasteiger partial charge in [-0.3, -0.25) is 4.79 Å². The Morgan fingerprint density at radius 1 is 1.19 bits per heavy atom. The molecule has 0 saturated carbocycles. The Kier molecular flexibility index (Phi) is 8.05. The highest BCUT2D eigenvalue weighted by Crippen LogP contribution is 2.47. The van der Waals surface area contributed by atoms with Crippen molar-refractivity contribution >= 4 is 27.4 Å². The summed E-state index contributed by atoms with van der Waals surface area (Å²) in [4.78, 5) is 13.4. The molecule has 0 fully saturated rings. The fourth-order valence-electron chi connectivity index (χ4n) is 5.21. The smallest absolute Gasteiger partial charge is 0.175 e. The summed E-state index contributed by atoms with van der Waals surface area (Å²) in [5, 5.41) is 13.5. The number of hydrogen-bond donors (Lipinski definition) is 2. The molecule has 4 rings (SSSR count). The van der Waals surface area contributed by atoms with E-state index in [1.807, 2.05) is 50.2 Å². The number of nitrogens with one attached hydrogen (secondary N) is 1. The van der Waals surface area contributed by atoms with Gasteiger partial charge in [0, 0.05) is 29.1 Å². The van der Waals surface area contributed by atoms with Gasteiger partial charge in [-0.15, -0.1) is 0 Å². The van der Waals surface area contributed by atoms with Gasteiger partial charge in [0.2, 0.25) is 0 Å². The van der Waals surface area contributed by atoms with Gasteiger partial charge in [0.05, 0.1) is 28.6 Å². The molecule has 2 aromatic carbocycles. The molecule has 0 spiro atoms. The molecule has 0 bridgehead atoms. The number of anilines is 1. The molecule has 0 saturated heterocycles. The van der Waals surface area contributed by atoms with E-state index in [1.54, 1.807) is 0 Å². The van der Waals surface area contributed by atoms with Crippen LogP contribution in [0.25, 0.3) is 0 Å². The van der Waals surface area contributed by atoms with E-state index in [-0.39, 0.29) is 5.78 Å². The molecular formula is C29H32BrN3O3. The number of nitrogens with zero attached hydrogens (tertiary/aromatic N) is 1. The normalized spacial score (nSPS) is 19.5. The first-order valence-corrected chi connectivity index (χ1v) is 13.2. The van der Waals surface area contributed by atoms with E-state index in [0.29, 0.717) is 58.4 Å². The van der Waals surface area contributed by atoms with Crippen molar-refractivity contribution in [2.45, 2.75) is 59.0 Å². The maximum Gasteiger partial charge on any atom is 0.175 e. The first-order valence-electron chi connectivity index (χ1n) is 12.4. The van der Waals surface area contributed by atoms with Crippen LogP contribution < -0.4 is 20.5 Å². The molecule has 2 aliphatic rings. The SMILES string of the molecule is CCCC1CC(=O)C2=C(C1)NC(C)=C(C#N)C2c1cc(Br)c(OCc2cccc(N)c2)c(OCC)c1. The summed E-state index contributed by atoms with van der Waals surface area (Å²) in [5.41, 5.74) is 11.4. The van der Waals surface area contributed by atoms with Crippen molar-refractivity contribution in [2.75, 3.05) is 12.3 Å². The number of carbonyl (C=O) groups excluding carboxylic acids is 1. The van der Waals surface area contributed by atoms with Crippen molar-refractivity contribution in [1.82, 2.24) is 5.32 Å². The highest BCUT2D eigenvalue weighted by Gasteiger charge is 2.39. The van der Waals surface area contributed by atoms with Gasteiger partial charge in [0.25, 0.3) is 0 Å². The van der Waals surface area contributed by atoms with Gasteiger partial charge in [0.1, 0.15) is 6.61 Å². The molecule has 6 nitrogen and oxygen atoms in total. The Morgan fingerprint density at radius 2 is 2.00 bits per heavy atom. The topological polar surface area (TPSA) is 97.4 Å². The zero-order chi connectivity index (χ0) is 25.8. The number of Topliss-reactive ketones (excluding diaryl/α,β-unsaturated/α-hetero) is 1. The van der Waals surface area contributed by atoms with Crippen LogP contribution in [0.15, 0.2) is 63.4 Å². The van der Waals surface area contributed by atoms with E-state index in [9.17, 15) is 10.1 Å². The monoisotopic (exact) mass is 549 g/mol. The molecule has 7 heteroatoms. The Bertz CT molecular complexity index is 1280. The number of rotatable bonds is 8. The molecule has 2 unspecified atom stereocenters. The molecule has 1 heterocycles. The van der Waals surface area contributed by atoms with E-state index in [0.717, 1.165) is 41.8 Å². The Labute approximate surface area is 221 Å². The van der Waals surface area contributed by atoms with E-state index in [2.05, 4.69) is 34.2 Å². The maximum atomic E-state index is 13.4. The number of halogens is 1. The Morgan fingerprint density at radius 3 is 2.69 bits per heavy atom. The van der Waals surface area contributed by atoms with Crippen LogP contribution in [0, 0.1) is 17.2 Å². The number of ether oxygens (including phenoxy) is 2. The molecule has 3 N–H and O–H groups in total. The number of nitrogen functional groups attached to an aromatic ring is 1. The second kappa shape index (κ2) is 11.2. The number of nitrogens with two attached hydrogens (primary N) is 1. The van der Waals surface area contributed by atoms with Crippen LogP contribution in [-0.2, 0) is 11.4 Å². The third kappa shape index (κ3) is 5.29. The third-order valence-corrected chi connectivity index (χ3v) is 7.32. The summed E-state index contributed by atoms with van der Waals surface area (Å²) in [6, 6.07) is 13.8. The largest absolute Gasteiger partial charge is 0.490 e. The number of carbonyl (C=O) groups is 1. The molecule has 36 heavy (non-hydrogen) atoms. The second-order valence-electron chi connectivity index (χ2n) is 9.38. The quantitative estimate of drug-likeness (QED) is 0.363. The molecule has 0 radical (unpaired) electrons.